The van der Waals surface area contributed by atoms with Crippen molar-refractivity contribution in [1.29, 1.82) is 0 Å². The van der Waals surface area contributed by atoms with E-state index in [9.17, 15) is 0 Å². The summed E-state index contributed by atoms with van der Waals surface area (Å²) >= 11 is 5.36. The van der Waals surface area contributed by atoms with Crippen LogP contribution in [0.4, 0.5) is 0 Å². The van der Waals surface area contributed by atoms with E-state index in [0.29, 0.717) is 12.0 Å². The number of nitrogens with zero attached hydrogens (tertiary/aromatic N) is 1. The molecule has 5 heteroatoms. The second kappa shape index (κ2) is 5.34. The van der Waals surface area contributed by atoms with Gasteiger partial charge in [-0.1, -0.05) is 0 Å². The smallest absolute Gasteiger partial charge is 0.159 e. The molecule has 1 N–H and O–H groups in total. The van der Waals surface area contributed by atoms with Gasteiger partial charge >= 0.3 is 0 Å². The van der Waals surface area contributed by atoms with Crippen LogP contribution in [-0.4, -0.2) is 24.7 Å². The van der Waals surface area contributed by atoms with Gasteiger partial charge in [-0.25, -0.2) is 4.98 Å². The normalized spacial score (nSPS) is 26.5. The van der Waals surface area contributed by atoms with Gasteiger partial charge in [-0.3, -0.25) is 0 Å². The molecule has 0 bridgehead atoms. The van der Waals surface area contributed by atoms with Crippen LogP contribution in [0.1, 0.15) is 48.2 Å². The highest BCUT2D eigenvalue weighted by Gasteiger charge is 2.28. The van der Waals surface area contributed by atoms with Gasteiger partial charge in [0.1, 0.15) is 0 Å². The maximum absolute atomic E-state index is 5.45. The topological polar surface area (TPSA) is 34.2 Å². The van der Waals surface area contributed by atoms with E-state index in [4.69, 9.17) is 9.72 Å². The predicted octanol–water partition coefficient (Wildman–Crippen LogP) is 3.22. The molecule has 17 heavy (non-hydrogen) atoms. The molecule has 2 fully saturated rings. The summed E-state index contributed by atoms with van der Waals surface area (Å²) < 4.78 is 6.48. The number of nitrogens with one attached hydrogen (secondary N) is 1. The van der Waals surface area contributed by atoms with Crippen LogP contribution < -0.4 is 5.32 Å². The lowest BCUT2D eigenvalue weighted by Crippen LogP contribution is -2.18. The van der Waals surface area contributed by atoms with E-state index in [-0.39, 0.29) is 0 Å². The molecule has 2 saturated heterocycles. The van der Waals surface area contributed by atoms with E-state index in [0.717, 1.165) is 36.5 Å². The van der Waals surface area contributed by atoms with Gasteiger partial charge in [-0.15, -0.1) is 11.3 Å². The van der Waals surface area contributed by atoms with E-state index in [1.165, 1.54) is 23.4 Å². The van der Waals surface area contributed by atoms with Gasteiger partial charge < -0.3 is 10.1 Å². The van der Waals surface area contributed by atoms with Crippen LogP contribution in [0.5, 0.6) is 0 Å². The number of rotatable bonds is 2. The zero-order valence-electron chi connectivity index (χ0n) is 9.75. The van der Waals surface area contributed by atoms with Crippen molar-refractivity contribution in [2.24, 2.45) is 0 Å². The predicted molar refractivity (Wildman–Crippen MR) is 72.6 cm³/mol. The summed E-state index contributed by atoms with van der Waals surface area (Å²) in [6, 6.07) is 0.482. The molecule has 1 atom stereocenters. The Morgan fingerprint density at radius 3 is 2.82 bits per heavy atom. The zero-order chi connectivity index (χ0) is 11.7. The maximum atomic E-state index is 5.45. The highest BCUT2D eigenvalue weighted by Crippen LogP contribution is 2.39. The van der Waals surface area contributed by atoms with Crippen LogP contribution in [0.3, 0.4) is 0 Å². The van der Waals surface area contributed by atoms with Crippen LogP contribution in [0.2, 0.25) is 0 Å². The molecular weight excluding hydrogens is 300 g/mol. The third-order valence-electron chi connectivity index (χ3n) is 3.64. The van der Waals surface area contributed by atoms with Gasteiger partial charge in [-0.2, -0.15) is 0 Å². The number of halogens is 1. The first-order valence-electron chi connectivity index (χ1n) is 6.32. The lowest BCUT2D eigenvalue weighted by atomic mass is 9.95. The summed E-state index contributed by atoms with van der Waals surface area (Å²) in [5.74, 6) is 0.657. The Balaban J connectivity index is 1.86. The second-order valence-corrected chi connectivity index (χ2v) is 7.06. The Hall–Kier alpha value is 0.0300. The van der Waals surface area contributed by atoms with Crippen LogP contribution in [0.15, 0.2) is 3.92 Å². The number of hydrogen-bond donors (Lipinski definition) is 1. The van der Waals surface area contributed by atoms with Gasteiger partial charge in [-0.05, 0) is 54.1 Å². The van der Waals surface area contributed by atoms with E-state index >= 15 is 0 Å². The molecule has 0 aromatic carbocycles. The van der Waals surface area contributed by atoms with E-state index < -0.39 is 0 Å². The van der Waals surface area contributed by atoms with Gasteiger partial charge in [0.15, 0.2) is 3.92 Å². The maximum Gasteiger partial charge on any atom is 0.159 e. The van der Waals surface area contributed by atoms with Crippen LogP contribution in [0, 0.1) is 0 Å². The van der Waals surface area contributed by atoms with Crippen molar-refractivity contribution in [2.45, 2.75) is 37.6 Å². The molecule has 0 aliphatic carbocycles. The minimum absolute atomic E-state index is 0.482. The van der Waals surface area contributed by atoms with Crippen LogP contribution >= 0.6 is 27.3 Å². The van der Waals surface area contributed by atoms with Crippen molar-refractivity contribution in [1.82, 2.24) is 10.3 Å². The zero-order valence-corrected chi connectivity index (χ0v) is 12.1. The van der Waals surface area contributed by atoms with E-state index in [2.05, 4.69) is 21.2 Å². The average molecular weight is 317 g/mol. The molecular formula is C12H17BrN2OS. The molecule has 94 valence electrons. The molecule has 1 aromatic heterocycles. The van der Waals surface area contributed by atoms with Gasteiger partial charge in [0.2, 0.25) is 0 Å². The fourth-order valence-corrected chi connectivity index (χ4v) is 4.47. The molecule has 2 aliphatic rings. The fourth-order valence-electron chi connectivity index (χ4n) is 2.74. The molecule has 3 nitrogen and oxygen atoms in total. The van der Waals surface area contributed by atoms with Gasteiger partial charge in [0.25, 0.3) is 0 Å². The third-order valence-corrected chi connectivity index (χ3v) is 5.32. The Bertz CT molecular complexity index is 384. The van der Waals surface area contributed by atoms with Crippen LogP contribution in [0.25, 0.3) is 0 Å². The molecule has 0 saturated carbocycles. The minimum Gasteiger partial charge on any atom is -0.381 e. The molecule has 2 aliphatic heterocycles. The van der Waals surface area contributed by atoms with Crippen molar-refractivity contribution < 1.29 is 4.74 Å². The highest BCUT2D eigenvalue weighted by molar-refractivity contribution is 9.11. The quantitative estimate of drug-likeness (QED) is 0.909. The lowest BCUT2D eigenvalue weighted by Gasteiger charge is -2.22. The van der Waals surface area contributed by atoms with Crippen molar-refractivity contribution in [3.05, 3.63) is 14.5 Å². The van der Waals surface area contributed by atoms with E-state index in [1.807, 2.05) is 11.3 Å². The largest absolute Gasteiger partial charge is 0.381 e. The monoisotopic (exact) mass is 316 g/mol. The van der Waals surface area contributed by atoms with Gasteiger partial charge in [0, 0.05) is 18.1 Å². The first kappa shape index (κ1) is 12.1. The first-order valence-corrected chi connectivity index (χ1v) is 7.93. The summed E-state index contributed by atoms with van der Waals surface area (Å²) in [4.78, 5) is 6.19. The van der Waals surface area contributed by atoms with Crippen LogP contribution in [-0.2, 0) is 4.74 Å². The summed E-state index contributed by atoms with van der Waals surface area (Å²) in [5, 5.41) is 3.56. The Morgan fingerprint density at radius 2 is 2.12 bits per heavy atom. The van der Waals surface area contributed by atoms with Crippen molar-refractivity contribution >= 4 is 27.3 Å². The Labute approximate surface area is 114 Å². The molecule has 0 amide bonds. The highest BCUT2D eigenvalue weighted by atomic mass is 79.9. The summed E-state index contributed by atoms with van der Waals surface area (Å²) in [6.07, 6.45) is 4.79. The van der Waals surface area contributed by atoms with Crippen molar-refractivity contribution in [3.8, 4) is 0 Å². The fraction of sp³-hybridized carbons (Fsp3) is 0.750. The average Bonchev–Trinajstić information content (AvgIpc) is 2.98. The SMILES string of the molecule is Brc1nc([C@@H]2CCCN2)c(C2CCOCC2)s1. The summed E-state index contributed by atoms with van der Waals surface area (Å²) in [6.45, 7) is 2.93. The molecule has 0 unspecified atom stereocenters. The third kappa shape index (κ3) is 2.57. The summed E-state index contributed by atoms with van der Waals surface area (Å²) in [5.41, 5.74) is 1.30. The number of thiazole rings is 1. The Morgan fingerprint density at radius 1 is 1.29 bits per heavy atom. The van der Waals surface area contributed by atoms with Crippen molar-refractivity contribution in [2.75, 3.05) is 19.8 Å². The van der Waals surface area contributed by atoms with Gasteiger partial charge in [0.05, 0.1) is 11.7 Å². The molecule has 3 rings (SSSR count). The first-order chi connectivity index (χ1) is 8.34. The Kier molecular flexibility index (Phi) is 3.80. The second-order valence-electron chi connectivity index (χ2n) is 4.75. The number of hydrogen-bond acceptors (Lipinski definition) is 4. The molecule has 1 aromatic rings. The standard InChI is InChI=1S/C12H17BrN2OS/c13-12-15-10(9-2-1-5-14-9)11(17-12)8-3-6-16-7-4-8/h8-9,14H,1-7H2/t9-/m0/s1. The number of ether oxygens (including phenoxy) is 1. The van der Waals surface area contributed by atoms with E-state index in [1.54, 1.807) is 0 Å². The minimum atomic E-state index is 0.482. The number of aromatic nitrogens is 1. The summed E-state index contributed by atoms with van der Waals surface area (Å²) in [7, 11) is 0. The van der Waals surface area contributed by atoms with Crippen molar-refractivity contribution in [3.63, 3.8) is 0 Å². The molecule has 3 heterocycles. The lowest BCUT2D eigenvalue weighted by molar-refractivity contribution is 0.0857. The molecule has 0 spiro atoms. The molecule has 0 radical (unpaired) electrons.